The maximum atomic E-state index is 11.8. The summed E-state index contributed by atoms with van der Waals surface area (Å²) < 4.78 is 6.88. The molecular formula is C13H8ClNO2S2. The molecule has 0 bridgehead atoms. The van der Waals surface area contributed by atoms with Crippen molar-refractivity contribution in [3.8, 4) is 0 Å². The number of carbonyl (C=O) groups is 1. The molecule has 3 aromatic rings. The molecule has 0 atom stereocenters. The van der Waals surface area contributed by atoms with Gasteiger partial charge in [0.15, 0.2) is 0 Å². The number of thiazole rings is 1. The van der Waals surface area contributed by atoms with Gasteiger partial charge in [0.05, 0.1) is 14.6 Å². The van der Waals surface area contributed by atoms with Gasteiger partial charge < -0.3 is 4.74 Å². The average Bonchev–Trinajstić information content (AvgIpc) is 3.01. The summed E-state index contributed by atoms with van der Waals surface area (Å²) in [5, 5.41) is 0.789. The van der Waals surface area contributed by atoms with Crippen molar-refractivity contribution in [2.75, 3.05) is 0 Å². The number of para-hydroxylation sites is 1. The van der Waals surface area contributed by atoms with Gasteiger partial charge in [-0.1, -0.05) is 23.7 Å². The van der Waals surface area contributed by atoms with Crippen LogP contribution < -0.4 is 0 Å². The highest BCUT2D eigenvalue weighted by atomic mass is 35.5. The lowest BCUT2D eigenvalue weighted by atomic mass is 10.3. The first-order valence-corrected chi connectivity index (χ1v) is 7.50. The molecule has 0 radical (unpaired) electrons. The van der Waals surface area contributed by atoms with E-state index in [4.69, 9.17) is 16.3 Å². The third-order valence-corrected chi connectivity index (χ3v) is 4.66. The van der Waals surface area contributed by atoms with Crippen molar-refractivity contribution in [3.05, 3.63) is 50.6 Å². The third kappa shape index (κ3) is 2.78. The highest BCUT2D eigenvalue weighted by Gasteiger charge is 2.11. The molecule has 0 aliphatic rings. The van der Waals surface area contributed by atoms with Crippen LogP contribution in [0.1, 0.15) is 14.7 Å². The first-order valence-electron chi connectivity index (χ1n) is 5.49. The predicted octanol–water partition coefficient (Wildman–Crippen LogP) is 4.37. The number of thiophene rings is 1. The largest absolute Gasteiger partial charge is 0.454 e. The Labute approximate surface area is 122 Å². The van der Waals surface area contributed by atoms with Crippen LogP contribution in [0.4, 0.5) is 0 Å². The first-order chi connectivity index (χ1) is 9.22. The number of carbonyl (C=O) groups excluding carboxylic acids is 1. The molecule has 0 N–H and O–H groups in total. The Kier molecular flexibility index (Phi) is 3.50. The number of nitrogens with zero attached hydrogens (tertiary/aromatic N) is 1. The van der Waals surface area contributed by atoms with Gasteiger partial charge in [0.2, 0.25) is 0 Å². The van der Waals surface area contributed by atoms with E-state index in [0.717, 1.165) is 15.2 Å². The molecule has 0 fully saturated rings. The van der Waals surface area contributed by atoms with Gasteiger partial charge in [-0.25, -0.2) is 9.78 Å². The van der Waals surface area contributed by atoms with E-state index in [1.165, 1.54) is 22.7 Å². The van der Waals surface area contributed by atoms with Gasteiger partial charge in [-0.2, -0.15) is 0 Å². The number of hydrogen-bond acceptors (Lipinski definition) is 5. The zero-order valence-corrected chi connectivity index (χ0v) is 12.0. The minimum absolute atomic E-state index is 0.188. The standard InChI is InChI=1S/C13H8ClNO2S2/c14-11-6-5-10(18-11)13(16)17-7-12-15-8-3-1-2-4-9(8)19-12/h1-6H,7H2. The maximum absolute atomic E-state index is 11.8. The Morgan fingerprint density at radius 3 is 2.79 bits per heavy atom. The van der Waals surface area contributed by atoms with Gasteiger partial charge in [-0.05, 0) is 24.3 Å². The van der Waals surface area contributed by atoms with Crippen molar-refractivity contribution in [2.45, 2.75) is 6.61 Å². The number of aromatic nitrogens is 1. The lowest BCUT2D eigenvalue weighted by Gasteiger charge is -1.99. The summed E-state index contributed by atoms with van der Waals surface area (Å²) in [6.07, 6.45) is 0. The smallest absolute Gasteiger partial charge is 0.348 e. The Morgan fingerprint density at radius 2 is 2.05 bits per heavy atom. The summed E-state index contributed by atoms with van der Waals surface area (Å²) in [5.74, 6) is -0.365. The van der Waals surface area contributed by atoms with E-state index >= 15 is 0 Å². The second kappa shape index (κ2) is 5.28. The number of fused-ring (bicyclic) bond motifs is 1. The van der Waals surface area contributed by atoms with E-state index in [1.807, 2.05) is 24.3 Å². The molecule has 3 rings (SSSR count). The molecule has 0 spiro atoms. The molecule has 2 aromatic heterocycles. The molecule has 0 saturated carbocycles. The molecule has 0 unspecified atom stereocenters. The Hall–Kier alpha value is -1.43. The number of hydrogen-bond donors (Lipinski definition) is 0. The van der Waals surface area contributed by atoms with Gasteiger partial charge in [-0.15, -0.1) is 22.7 Å². The van der Waals surface area contributed by atoms with E-state index in [0.29, 0.717) is 9.21 Å². The van der Waals surface area contributed by atoms with Crippen molar-refractivity contribution in [1.82, 2.24) is 4.98 Å². The van der Waals surface area contributed by atoms with E-state index in [9.17, 15) is 4.79 Å². The Morgan fingerprint density at radius 1 is 1.21 bits per heavy atom. The van der Waals surface area contributed by atoms with Crippen LogP contribution in [0.2, 0.25) is 4.34 Å². The normalized spacial score (nSPS) is 10.8. The monoisotopic (exact) mass is 309 g/mol. The van der Waals surface area contributed by atoms with Crippen LogP contribution >= 0.6 is 34.3 Å². The number of benzene rings is 1. The number of halogens is 1. The Balaban J connectivity index is 1.70. The van der Waals surface area contributed by atoms with Crippen molar-refractivity contribution in [3.63, 3.8) is 0 Å². The van der Waals surface area contributed by atoms with E-state index in [2.05, 4.69) is 4.98 Å². The van der Waals surface area contributed by atoms with Crippen molar-refractivity contribution >= 4 is 50.5 Å². The molecule has 6 heteroatoms. The van der Waals surface area contributed by atoms with Crippen molar-refractivity contribution in [2.24, 2.45) is 0 Å². The minimum atomic E-state index is -0.365. The molecule has 1 aromatic carbocycles. The molecule has 96 valence electrons. The summed E-state index contributed by atoms with van der Waals surface area (Å²) in [6.45, 7) is 0.188. The molecule has 19 heavy (non-hydrogen) atoms. The lowest BCUT2D eigenvalue weighted by Crippen LogP contribution is -2.02. The van der Waals surface area contributed by atoms with Gasteiger partial charge in [0, 0.05) is 0 Å². The van der Waals surface area contributed by atoms with Crippen molar-refractivity contribution in [1.29, 1.82) is 0 Å². The van der Waals surface area contributed by atoms with Crippen LogP contribution in [0.3, 0.4) is 0 Å². The summed E-state index contributed by atoms with van der Waals surface area (Å²) in [4.78, 5) is 16.7. The minimum Gasteiger partial charge on any atom is -0.454 e. The van der Waals surface area contributed by atoms with Crippen LogP contribution in [-0.4, -0.2) is 11.0 Å². The fourth-order valence-corrected chi connectivity index (χ4v) is 3.42. The molecule has 0 aliphatic heterocycles. The first kappa shape index (κ1) is 12.6. The summed E-state index contributed by atoms with van der Waals surface area (Å²) in [6, 6.07) is 11.2. The van der Waals surface area contributed by atoms with Crippen LogP contribution in [0.15, 0.2) is 36.4 Å². The Bertz CT molecular complexity index is 702. The highest BCUT2D eigenvalue weighted by Crippen LogP contribution is 2.24. The maximum Gasteiger partial charge on any atom is 0.348 e. The molecule has 0 aliphatic carbocycles. The fraction of sp³-hybridized carbons (Fsp3) is 0.0769. The van der Waals surface area contributed by atoms with Crippen LogP contribution in [0.5, 0.6) is 0 Å². The van der Waals surface area contributed by atoms with E-state index < -0.39 is 0 Å². The molecule has 0 amide bonds. The summed E-state index contributed by atoms with van der Waals surface area (Å²) >= 11 is 8.51. The van der Waals surface area contributed by atoms with E-state index in [1.54, 1.807) is 12.1 Å². The zero-order chi connectivity index (χ0) is 13.2. The van der Waals surface area contributed by atoms with Crippen LogP contribution in [0, 0.1) is 0 Å². The number of rotatable bonds is 3. The number of esters is 1. The highest BCUT2D eigenvalue weighted by molar-refractivity contribution is 7.18. The molecular weight excluding hydrogens is 302 g/mol. The number of ether oxygens (including phenoxy) is 1. The van der Waals surface area contributed by atoms with Crippen LogP contribution in [-0.2, 0) is 11.3 Å². The predicted molar refractivity (Wildman–Crippen MR) is 78.1 cm³/mol. The SMILES string of the molecule is O=C(OCc1nc2ccccc2s1)c1ccc(Cl)s1. The van der Waals surface area contributed by atoms with Gasteiger partial charge in [0.25, 0.3) is 0 Å². The summed E-state index contributed by atoms with van der Waals surface area (Å²) in [7, 11) is 0. The topological polar surface area (TPSA) is 39.2 Å². The summed E-state index contributed by atoms with van der Waals surface area (Å²) in [5.41, 5.74) is 0.928. The zero-order valence-electron chi connectivity index (χ0n) is 9.63. The second-order valence-corrected chi connectivity index (χ2v) is 6.59. The van der Waals surface area contributed by atoms with Gasteiger partial charge in [-0.3, -0.25) is 0 Å². The van der Waals surface area contributed by atoms with Gasteiger partial charge in [0.1, 0.15) is 16.5 Å². The quantitative estimate of drug-likeness (QED) is 0.674. The van der Waals surface area contributed by atoms with Crippen LogP contribution in [0.25, 0.3) is 10.2 Å². The lowest BCUT2D eigenvalue weighted by molar-refractivity contribution is 0.0478. The average molecular weight is 310 g/mol. The van der Waals surface area contributed by atoms with Gasteiger partial charge >= 0.3 is 5.97 Å². The second-order valence-electron chi connectivity index (χ2n) is 3.76. The molecule has 2 heterocycles. The molecule has 3 nitrogen and oxygen atoms in total. The third-order valence-electron chi connectivity index (χ3n) is 2.44. The molecule has 0 saturated heterocycles. The van der Waals surface area contributed by atoms with E-state index in [-0.39, 0.29) is 12.6 Å². The van der Waals surface area contributed by atoms with Crippen molar-refractivity contribution < 1.29 is 9.53 Å². The fourth-order valence-electron chi connectivity index (χ4n) is 1.60.